The first kappa shape index (κ1) is 29.2. The highest BCUT2D eigenvalue weighted by Gasteiger charge is 2.70. The average molecular weight is 616 g/mol. The van der Waals surface area contributed by atoms with Crippen LogP contribution in [-0.4, -0.2) is 23.9 Å². The highest BCUT2D eigenvalue weighted by Crippen LogP contribution is 2.71. The van der Waals surface area contributed by atoms with Crippen LogP contribution in [0.1, 0.15) is 76.8 Å². The van der Waals surface area contributed by atoms with Gasteiger partial charge in [0.25, 0.3) is 5.91 Å². The molecule has 236 valence electrons. The molecule has 1 amide bonds. The van der Waals surface area contributed by atoms with Gasteiger partial charge in [0.15, 0.2) is 0 Å². The Morgan fingerprint density at radius 2 is 1.80 bits per heavy atom. The van der Waals surface area contributed by atoms with Crippen LogP contribution in [0.2, 0.25) is 0 Å². The molecule has 1 N–H and O–H groups in total. The zero-order valence-corrected chi connectivity index (χ0v) is 26.8. The summed E-state index contributed by atoms with van der Waals surface area (Å²) >= 11 is 0. The van der Waals surface area contributed by atoms with E-state index >= 15 is 0 Å². The summed E-state index contributed by atoms with van der Waals surface area (Å²) in [4.78, 5) is 28.5. The van der Waals surface area contributed by atoms with Crippen LogP contribution >= 0.6 is 0 Å². The van der Waals surface area contributed by atoms with Crippen LogP contribution in [0.5, 0.6) is 0 Å². The molecular formula is C39H41N3O4. The number of hydrogen-bond donors (Lipinski definition) is 1. The topological polar surface area (TPSA) is 103 Å². The predicted molar refractivity (Wildman–Crippen MR) is 173 cm³/mol. The molecule has 7 nitrogen and oxygen atoms in total. The number of nitrogens with one attached hydrogen (secondary N) is 1. The third-order valence-electron chi connectivity index (χ3n) is 12.9. The lowest BCUT2D eigenvalue weighted by Gasteiger charge is -2.57. The Bertz CT molecular complexity index is 1770. The van der Waals surface area contributed by atoms with Crippen molar-refractivity contribution in [1.29, 1.82) is 10.7 Å². The molecule has 2 aromatic carbocycles. The minimum absolute atomic E-state index is 0.0459. The van der Waals surface area contributed by atoms with Crippen molar-refractivity contribution in [2.75, 3.05) is 4.90 Å². The fourth-order valence-electron chi connectivity index (χ4n) is 11.0. The summed E-state index contributed by atoms with van der Waals surface area (Å²) in [7, 11) is 0. The lowest BCUT2D eigenvalue weighted by atomic mass is 9.47. The van der Waals surface area contributed by atoms with Gasteiger partial charge in [-0.15, -0.1) is 0 Å². The minimum atomic E-state index is -1.37. The molecule has 6 aliphatic rings. The van der Waals surface area contributed by atoms with Gasteiger partial charge >= 0.3 is 5.97 Å². The number of carbonyl (C=O) groups is 2. The average Bonchev–Trinajstić information content (AvgIpc) is 3.48. The number of ether oxygens (including phenoxy) is 2. The van der Waals surface area contributed by atoms with E-state index in [0.29, 0.717) is 24.0 Å². The summed E-state index contributed by atoms with van der Waals surface area (Å²) in [5, 5.41) is 19.6. The third kappa shape index (κ3) is 3.85. The number of fused-ring (bicyclic) bond motifs is 10. The van der Waals surface area contributed by atoms with Gasteiger partial charge in [0.1, 0.15) is 17.7 Å². The molecule has 8 atom stereocenters. The van der Waals surface area contributed by atoms with Crippen molar-refractivity contribution in [2.24, 2.45) is 34.5 Å². The van der Waals surface area contributed by atoms with Gasteiger partial charge in [-0.25, -0.2) is 0 Å². The molecule has 4 aliphatic carbocycles. The zero-order chi connectivity index (χ0) is 32.0. The quantitative estimate of drug-likeness (QED) is 0.287. The zero-order valence-electron chi connectivity index (χ0n) is 26.8. The molecule has 46 heavy (non-hydrogen) atoms. The standard InChI is InChI=1S/C39H41N3O4/c1-23(43)45-26-15-17-37(2)25(19-26)13-14-27-29(37)16-18-38(3)31(27)20-32-34(38)28(21-40)35(41)46-39(32)30-11-7-8-12-33(30)42(36(39)44)22-24-9-5-4-6-10-24/h4-13,26-27,29,31-32,41H,14-20,22H2,1-3H3/t26-,27?,29?,31?,32?,37-,38-,39?/m0/s1. The van der Waals surface area contributed by atoms with Crippen LogP contribution in [0.3, 0.4) is 0 Å². The van der Waals surface area contributed by atoms with E-state index in [1.165, 1.54) is 12.5 Å². The molecule has 5 unspecified atom stereocenters. The van der Waals surface area contributed by atoms with Gasteiger partial charge in [0.2, 0.25) is 11.5 Å². The number of benzene rings is 2. The molecule has 0 bridgehead atoms. The number of nitriles is 1. The predicted octanol–water partition coefficient (Wildman–Crippen LogP) is 7.38. The van der Waals surface area contributed by atoms with Crippen molar-refractivity contribution in [3.63, 3.8) is 0 Å². The number of carbonyl (C=O) groups excluding carboxylic acids is 2. The number of para-hydroxylation sites is 1. The monoisotopic (exact) mass is 615 g/mol. The van der Waals surface area contributed by atoms with E-state index in [-0.39, 0.29) is 46.5 Å². The molecule has 1 spiro atoms. The molecule has 0 saturated heterocycles. The number of amides is 1. The first-order valence-corrected chi connectivity index (χ1v) is 16.9. The smallest absolute Gasteiger partial charge is 0.302 e. The fourth-order valence-corrected chi connectivity index (χ4v) is 11.0. The molecular weight excluding hydrogens is 574 g/mol. The van der Waals surface area contributed by atoms with Crippen LogP contribution < -0.4 is 4.90 Å². The largest absolute Gasteiger partial charge is 0.462 e. The summed E-state index contributed by atoms with van der Waals surface area (Å²) in [5.41, 5.74) is 3.76. The van der Waals surface area contributed by atoms with Crippen molar-refractivity contribution in [1.82, 2.24) is 0 Å². The van der Waals surface area contributed by atoms with Gasteiger partial charge in [-0.3, -0.25) is 15.0 Å². The van der Waals surface area contributed by atoms with Gasteiger partial charge < -0.3 is 14.4 Å². The Labute approximate surface area is 270 Å². The van der Waals surface area contributed by atoms with Gasteiger partial charge in [-0.2, -0.15) is 5.26 Å². The maximum absolute atomic E-state index is 14.9. The summed E-state index contributed by atoms with van der Waals surface area (Å²) in [6.45, 7) is 6.63. The van der Waals surface area contributed by atoms with Gasteiger partial charge in [0, 0.05) is 24.8 Å². The highest BCUT2D eigenvalue weighted by molar-refractivity contribution is 6.11. The maximum Gasteiger partial charge on any atom is 0.302 e. The molecule has 3 fully saturated rings. The molecule has 8 rings (SSSR count). The van der Waals surface area contributed by atoms with Crippen molar-refractivity contribution < 1.29 is 19.1 Å². The molecule has 3 saturated carbocycles. The molecule has 2 aliphatic heterocycles. The molecule has 2 heterocycles. The van der Waals surface area contributed by atoms with Crippen molar-refractivity contribution >= 4 is 23.5 Å². The van der Waals surface area contributed by atoms with E-state index in [1.807, 2.05) is 59.5 Å². The van der Waals surface area contributed by atoms with Crippen LogP contribution in [-0.2, 0) is 31.2 Å². The second kappa shape index (κ2) is 10.2. The van der Waals surface area contributed by atoms with E-state index in [0.717, 1.165) is 67.3 Å². The summed E-state index contributed by atoms with van der Waals surface area (Å²) < 4.78 is 12.2. The number of nitrogens with zero attached hydrogens (tertiary/aromatic N) is 2. The molecule has 7 heteroatoms. The van der Waals surface area contributed by atoms with E-state index in [4.69, 9.17) is 14.9 Å². The SMILES string of the molecule is CC(=O)O[C@H]1CC[C@@]2(C)C(=CCC3C2CC[C@]2(C)C4=C(C#N)C(=N)OC5(C(=O)N(Cc6ccccc6)c6ccccc65)C4CC32)C1. The normalized spacial score (nSPS) is 37.3. The second-order valence-electron chi connectivity index (χ2n) is 14.9. The molecule has 2 aromatic rings. The third-order valence-corrected chi connectivity index (χ3v) is 12.9. The fraction of sp³-hybridized carbons (Fsp3) is 0.487. The van der Waals surface area contributed by atoms with Gasteiger partial charge in [-0.05, 0) is 84.3 Å². The lowest BCUT2D eigenvalue weighted by Crippen LogP contribution is -2.52. The van der Waals surface area contributed by atoms with Crippen LogP contribution in [0.15, 0.2) is 77.4 Å². The van der Waals surface area contributed by atoms with Crippen molar-refractivity contribution in [3.8, 4) is 6.07 Å². The van der Waals surface area contributed by atoms with E-state index in [9.17, 15) is 14.9 Å². The minimum Gasteiger partial charge on any atom is -0.462 e. The van der Waals surface area contributed by atoms with Crippen molar-refractivity contribution in [3.05, 3.63) is 88.5 Å². The first-order valence-electron chi connectivity index (χ1n) is 16.9. The summed E-state index contributed by atoms with van der Waals surface area (Å²) in [5.74, 6) is 0.286. The number of anilines is 1. The Morgan fingerprint density at radius 3 is 2.57 bits per heavy atom. The van der Waals surface area contributed by atoms with Crippen molar-refractivity contribution in [2.45, 2.75) is 84.0 Å². The summed E-state index contributed by atoms with van der Waals surface area (Å²) in [6, 6.07) is 20.3. The Hall–Kier alpha value is -4.18. The van der Waals surface area contributed by atoms with E-state index < -0.39 is 5.60 Å². The molecule has 0 aromatic heterocycles. The number of hydrogen-bond acceptors (Lipinski definition) is 6. The highest BCUT2D eigenvalue weighted by atomic mass is 16.5. The second-order valence-corrected chi connectivity index (χ2v) is 14.9. The first-order chi connectivity index (χ1) is 22.1. The van der Waals surface area contributed by atoms with E-state index in [1.54, 1.807) is 0 Å². The van der Waals surface area contributed by atoms with Crippen LogP contribution in [0, 0.1) is 51.2 Å². The van der Waals surface area contributed by atoms with E-state index in [2.05, 4.69) is 26.0 Å². The Kier molecular flexibility index (Phi) is 6.46. The summed E-state index contributed by atoms with van der Waals surface area (Å²) in [6.07, 6.45) is 8.70. The van der Waals surface area contributed by atoms with Crippen LogP contribution in [0.4, 0.5) is 5.69 Å². The lowest BCUT2D eigenvalue weighted by molar-refractivity contribution is -0.148. The van der Waals surface area contributed by atoms with Crippen LogP contribution in [0.25, 0.3) is 0 Å². The van der Waals surface area contributed by atoms with Gasteiger partial charge in [0.05, 0.1) is 12.2 Å². The van der Waals surface area contributed by atoms with Gasteiger partial charge in [-0.1, -0.05) is 74.0 Å². The Morgan fingerprint density at radius 1 is 1.07 bits per heavy atom. The Balaban J connectivity index is 1.21. The maximum atomic E-state index is 14.9. The number of esters is 1. The molecule has 0 radical (unpaired) electrons. The number of rotatable bonds is 3. The number of allylic oxidation sites excluding steroid dienone is 1.